The minimum atomic E-state index is -0.213. The zero-order chi connectivity index (χ0) is 14.7. The number of carbonyl (C=O) groups is 2. The Labute approximate surface area is 135 Å². The smallest absolute Gasteiger partial charge is 0.234 e. The SMILES string of the molecule is CNCC(=O)NC1CC(=O)N(C)C1c1ccc(Cl)cc1.Cl. The van der Waals surface area contributed by atoms with E-state index in [1.807, 2.05) is 12.1 Å². The van der Waals surface area contributed by atoms with Crippen molar-refractivity contribution in [2.75, 3.05) is 20.6 Å². The van der Waals surface area contributed by atoms with Crippen molar-refractivity contribution >= 4 is 35.8 Å². The largest absolute Gasteiger partial charge is 0.349 e. The molecule has 1 saturated heterocycles. The van der Waals surface area contributed by atoms with Gasteiger partial charge in [-0.1, -0.05) is 23.7 Å². The number of rotatable bonds is 4. The number of nitrogens with one attached hydrogen (secondary N) is 2. The Kier molecular flexibility index (Phi) is 6.45. The van der Waals surface area contributed by atoms with Gasteiger partial charge in [0.05, 0.1) is 18.6 Å². The highest BCUT2D eigenvalue weighted by molar-refractivity contribution is 6.30. The maximum atomic E-state index is 11.9. The molecule has 2 unspecified atom stereocenters. The third-order valence-electron chi connectivity index (χ3n) is 3.48. The van der Waals surface area contributed by atoms with E-state index in [-0.39, 0.29) is 42.8 Å². The van der Waals surface area contributed by atoms with Crippen molar-refractivity contribution in [1.82, 2.24) is 15.5 Å². The summed E-state index contributed by atoms with van der Waals surface area (Å²) in [5.74, 6) is -0.0840. The van der Waals surface area contributed by atoms with E-state index in [1.165, 1.54) is 0 Å². The lowest BCUT2D eigenvalue weighted by molar-refractivity contribution is -0.127. The third-order valence-corrected chi connectivity index (χ3v) is 3.73. The summed E-state index contributed by atoms with van der Waals surface area (Å²) in [5, 5.41) is 6.35. The van der Waals surface area contributed by atoms with Gasteiger partial charge in [0.25, 0.3) is 0 Å². The Bertz CT molecular complexity index is 507. The van der Waals surface area contributed by atoms with Crippen LogP contribution in [-0.4, -0.2) is 43.4 Å². The Morgan fingerprint density at radius 3 is 2.57 bits per heavy atom. The van der Waals surface area contributed by atoms with Crippen LogP contribution in [-0.2, 0) is 9.59 Å². The van der Waals surface area contributed by atoms with Gasteiger partial charge < -0.3 is 15.5 Å². The average molecular weight is 332 g/mol. The van der Waals surface area contributed by atoms with Crippen molar-refractivity contribution in [1.29, 1.82) is 0 Å². The highest BCUT2D eigenvalue weighted by atomic mass is 35.5. The van der Waals surface area contributed by atoms with Crippen LogP contribution in [0.4, 0.5) is 0 Å². The molecule has 116 valence electrons. The minimum Gasteiger partial charge on any atom is -0.349 e. The molecule has 2 rings (SSSR count). The standard InChI is InChI=1S/C14H18ClN3O2.ClH/c1-16-8-12(19)17-11-7-13(20)18(2)14(11)9-3-5-10(15)6-4-9;/h3-6,11,14,16H,7-8H2,1-2H3,(H,17,19);1H. The van der Waals surface area contributed by atoms with Gasteiger partial charge in [-0.25, -0.2) is 0 Å². The van der Waals surface area contributed by atoms with E-state index in [0.29, 0.717) is 11.4 Å². The monoisotopic (exact) mass is 331 g/mol. The number of carbonyl (C=O) groups excluding carboxylic acids is 2. The first-order valence-electron chi connectivity index (χ1n) is 6.48. The second-order valence-corrected chi connectivity index (χ2v) is 5.35. The van der Waals surface area contributed by atoms with Crippen LogP contribution in [0.1, 0.15) is 18.0 Å². The molecule has 0 aliphatic carbocycles. The van der Waals surface area contributed by atoms with E-state index in [1.54, 1.807) is 31.1 Å². The summed E-state index contributed by atoms with van der Waals surface area (Å²) in [5.41, 5.74) is 0.970. The molecule has 2 atom stereocenters. The fourth-order valence-corrected chi connectivity index (χ4v) is 2.66. The molecule has 1 aliphatic rings. The van der Waals surface area contributed by atoms with E-state index < -0.39 is 0 Å². The summed E-state index contributed by atoms with van der Waals surface area (Å²) >= 11 is 5.89. The molecule has 0 spiro atoms. The van der Waals surface area contributed by atoms with Gasteiger partial charge >= 0.3 is 0 Å². The van der Waals surface area contributed by atoms with Gasteiger partial charge in [-0.2, -0.15) is 0 Å². The van der Waals surface area contributed by atoms with Crippen LogP contribution >= 0.6 is 24.0 Å². The molecule has 1 aromatic rings. The zero-order valence-electron chi connectivity index (χ0n) is 11.9. The molecule has 2 N–H and O–H groups in total. The van der Waals surface area contributed by atoms with Crippen molar-refractivity contribution in [3.8, 4) is 0 Å². The normalized spacial score (nSPS) is 21.1. The predicted octanol–water partition coefficient (Wildman–Crippen LogP) is 1.37. The predicted molar refractivity (Wildman–Crippen MR) is 84.7 cm³/mol. The quantitative estimate of drug-likeness (QED) is 0.875. The van der Waals surface area contributed by atoms with Gasteiger partial charge in [-0.05, 0) is 24.7 Å². The summed E-state index contributed by atoms with van der Waals surface area (Å²) in [7, 11) is 3.47. The summed E-state index contributed by atoms with van der Waals surface area (Å²) in [4.78, 5) is 25.3. The Morgan fingerprint density at radius 2 is 2.00 bits per heavy atom. The van der Waals surface area contributed by atoms with Crippen LogP contribution in [0.5, 0.6) is 0 Å². The van der Waals surface area contributed by atoms with E-state index in [9.17, 15) is 9.59 Å². The second-order valence-electron chi connectivity index (χ2n) is 4.91. The summed E-state index contributed by atoms with van der Waals surface area (Å²) in [6.45, 7) is 0.238. The number of hydrogen-bond acceptors (Lipinski definition) is 3. The Morgan fingerprint density at radius 1 is 1.38 bits per heavy atom. The first-order valence-corrected chi connectivity index (χ1v) is 6.86. The van der Waals surface area contributed by atoms with Crippen molar-refractivity contribution in [2.45, 2.75) is 18.5 Å². The van der Waals surface area contributed by atoms with E-state index in [0.717, 1.165) is 5.56 Å². The molecule has 0 aromatic heterocycles. The number of benzene rings is 1. The van der Waals surface area contributed by atoms with Crippen LogP contribution in [0.3, 0.4) is 0 Å². The van der Waals surface area contributed by atoms with Crippen molar-refractivity contribution in [3.05, 3.63) is 34.9 Å². The molecule has 5 nitrogen and oxygen atoms in total. The molecule has 1 aromatic carbocycles. The van der Waals surface area contributed by atoms with E-state index in [4.69, 9.17) is 11.6 Å². The molecule has 2 amide bonds. The second kappa shape index (κ2) is 7.64. The molecule has 7 heteroatoms. The minimum absolute atomic E-state index is 0. The average Bonchev–Trinajstić information content (AvgIpc) is 2.66. The number of nitrogens with zero attached hydrogens (tertiary/aromatic N) is 1. The van der Waals surface area contributed by atoms with Crippen molar-refractivity contribution in [2.24, 2.45) is 0 Å². The Balaban J connectivity index is 0.00000220. The highest BCUT2D eigenvalue weighted by Gasteiger charge is 2.39. The molecule has 1 heterocycles. The highest BCUT2D eigenvalue weighted by Crippen LogP contribution is 2.32. The molecule has 0 saturated carbocycles. The van der Waals surface area contributed by atoms with Gasteiger partial charge in [-0.15, -0.1) is 12.4 Å². The number of amides is 2. The van der Waals surface area contributed by atoms with Gasteiger partial charge in [-0.3, -0.25) is 9.59 Å². The van der Waals surface area contributed by atoms with Gasteiger partial charge in [0, 0.05) is 18.5 Å². The molecule has 21 heavy (non-hydrogen) atoms. The first kappa shape index (κ1) is 17.8. The molecule has 0 bridgehead atoms. The lowest BCUT2D eigenvalue weighted by Crippen LogP contribution is -2.42. The fraction of sp³-hybridized carbons (Fsp3) is 0.429. The van der Waals surface area contributed by atoms with E-state index in [2.05, 4.69) is 10.6 Å². The van der Waals surface area contributed by atoms with Gasteiger partial charge in [0.15, 0.2) is 0 Å². The van der Waals surface area contributed by atoms with Gasteiger partial charge in [0.2, 0.25) is 11.8 Å². The number of likely N-dealkylation sites (tertiary alicyclic amines) is 1. The van der Waals surface area contributed by atoms with Crippen LogP contribution < -0.4 is 10.6 Å². The molecule has 1 aliphatic heterocycles. The Hall–Kier alpha value is -1.30. The van der Waals surface area contributed by atoms with Crippen LogP contribution in [0, 0.1) is 0 Å². The topological polar surface area (TPSA) is 61.4 Å². The fourth-order valence-electron chi connectivity index (χ4n) is 2.53. The maximum absolute atomic E-state index is 11.9. The lowest BCUT2D eigenvalue weighted by atomic mass is 10.00. The molecular weight excluding hydrogens is 313 g/mol. The van der Waals surface area contributed by atoms with Crippen molar-refractivity contribution < 1.29 is 9.59 Å². The first-order chi connectivity index (χ1) is 9.52. The number of likely N-dealkylation sites (N-methyl/N-ethyl adjacent to an activating group) is 2. The number of hydrogen-bond donors (Lipinski definition) is 2. The van der Waals surface area contributed by atoms with Gasteiger partial charge in [0.1, 0.15) is 0 Å². The summed E-state index contributed by atoms with van der Waals surface area (Å²) < 4.78 is 0. The zero-order valence-corrected chi connectivity index (χ0v) is 13.5. The van der Waals surface area contributed by atoms with E-state index >= 15 is 0 Å². The maximum Gasteiger partial charge on any atom is 0.234 e. The lowest BCUT2D eigenvalue weighted by Gasteiger charge is -2.26. The summed E-state index contributed by atoms with van der Waals surface area (Å²) in [6, 6.07) is 6.99. The molecular formula is C14H19Cl2N3O2. The van der Waals surface area contributed by atoms with Crippen LogP contribution in [0.15, 0.2) is 24.3 Å². The van der Waals surface area contributed by atoms with Crippen LogP contribution in [0.2, 0.25) is 5.02 Å². The number of halogens is 2. The summed E-state index contributed by atoms with van der Waals surface area (Å²) in [6.07, 6.45) is 0.319. The molecule has 1 fully saturated rings. The molecule has 0 radical (unpaired) electrons. The van der Waals surface area contributed by atoms with Crippen LogP contribution in [0.25, 0.3) is 0 Å². The third kappa shape index (κ3) is 4.09. The van der Waals surface area contributed by atoms with Crippen molar-refractivity contribution in [3.63, 3.8) is 0 Å².